The van der Waals surface area contributed by atoms with E-state index in [0.29, 0.717) is 24.3 Å². The number of rotatable bonds is 4. The smallest absolute Gasteiger partial charge is 0.255 e. The maximum absolute atomic E-state index is 12.6. The molecule has 1 amide bonds. The summed E-state index contributed by atoms with van der Waals surface area (Å²) in [5.74, 6) is -0.240. The molecule has 1 aliphatic rings. The van der Waals surface area contributed by atoms with Gasteiger partial charge in [0.15, 0.2) is 0 Å². The number of carbonyl (C=O) groups is 1. The fraction of sp³-hybridized carbons (Fsp3) is 0.381. The van der Waals surface area contributed by atoms with Crippen LogP contribution < -0.4 is 5.32 Å². The van der Waals surface area contributed by atoms with E-state index in [-0.39, 0.29) is 16.2 Å². The molecule has 3 rings (SSSR count). The summed E-state index contributed by atoms with van der Waals surface area (Å²) >= 11 is 3.55. The fourth-order valence-electron chi connectivity index (χ4n) is 3.26. The summed E-state index contributed by atoms with van der Waals surface area (Å²) in [6.07, 6.45) is 1.80. The largest absolute Gasteiger partial charge is 0.322 e. The Morgan fingerprint density at radius 1 is 1.04 bits per heavy atom. The first-order chi connectivity index (χ1) is 13.1. The third kappa shape index (κ3) is 4.47. The van der Waals surface area contributed by atoms with Crippen LogP contribution in [-0.2, 0) is 15.4 Å². The summed E-state index contributed by atoms with van der Waals surface area (Å²) in [6, 6.07) is 11.9. The van der Waals surface area contributed by atoms with Crippen molar-refractivity contribution in [1.82, 2.24) is 4.31 Å². The van der Waals surface area contributed by atoms with Crippen molar-refractivity contribution in [2.75, 3.05) is 18.4 Å². The number of sulfonamides is 1. The Hall–Kier alpha value is -1.70. The van der Waals surface area contributed by atoms with E-state index in [1.54, 1.807) is 30.3 Å². The molecule has 150 valence electrons. The van der Waals surface area contributed by atoms with Crippen LogP contribution in [0.25, 0.3) is 0 Å². The highest BCUT2D eigenvalue weighted by Gasteiger charge is 2.27. The number of hydrogen-bond acceptors (Lipinski definition) is 3. The molecule has 28 heavy (non-hydrogen) atoms. The summed E-state index contributed by atoms with van der Waals surface area (Å²) in [6.45, 7) is 7.49. The number of nitrogens with one attached hydrogen (secondary N) is 1. The molecule has 1 saturated heterocycles. The number of carbonyl (C=O) groups excluding carboxylic acids is 1. The zero-order chi connectivity index (χ0) is 20.5. The molecule has 0 saturated carbocycles. The molecule has 0 unspecified atom stereocenters. The maximum atomic E-state index is 12.6. The molecule has 5 nitrogen and oxygen atoms in total. The van der Waals surface area contributed by atoms with Gasteiger partial charge in [-0.05, 0) is 60.2 Å². The first-order valence-electron chi connectivity index (χ1n) is 9.30. The van der Waals surface area contributed by atoms with Gasteiger partial charge in [0.1, 0.15) is 0 Å². The van der Waals surface area contributed by atoms with E-state index in [9.17, 15) is 13.2 Å². The summed E-state index contributed by atoms with van der Waals surface area (Å²) in [5, 5.41) is 2.82. The van der Waals surface area contributed by atoms with Gasteiger partial charge in [-0.2, -0.15) is 4.31 Å². The van der Waals surface area contributed by atoms with Crippen molar-refractivity contribution in [3.8, 4) is 0 Å². The molecule has 1 aliphatic heterocycles. The van der Waals surface area contributed by atoms with Crippen LogP contribution in [0.1, 0.15) is 49.5 Å². The Morgan fingerprint density at radius 3 is 2.18 bits per heavy atom. The third-order valence-corrected chi connectivity index (χ3v) is 7.42. The second kappa shape index (κ2) is 7.97. The topological polar surface area (TPSA) is 66.5 Å². The molecule has 7 heteroatoms. The maximum Gasteiger partial charge on any atom is 0.255 e. The summed E-state index contributed by atoms with van der Waals surface area (Å²) in [4.78, 5) is 12.8. The van der Waals surface area contributed by atoms with Crippen LogP contribution in [0.4, 0.5) is 5.69 Å². The summed E-state index contributed by atoms with van der Waals surface area (Å²) in [7, 11) is -3.45. The van der Waals surface area contributed by atoms with Crippen molar-refractivity contribution in [2.45, 2.75) is 43.9 Å². The van der Waals surface area contributed by atoms with Crippen molar-refractivity contribution >= 4 is 37.5 Å². The number of halogens is 1. The Kier molecular flexibility index (Phi) is 5.98. The van der Waals surface area contributed by atoms with Crippen LogP contribution >= 0.6 is 15.9 Å². The van der Waals surface area contributed by atoms with Gasteiger partial charge in [0.05, 0.1) is 4.90 Å². The number of hydrogen-bond donors (Lipinski definition) is 1. The van der Waals surface area contributed by atoms with E-state index in [4.69, 9.17) is 0 Å². The zero-order valence-corrected chi connectivity index (χ0v) is 18.7. The van der Waals surface area contributed by atoms with Gasteiger partial charge in [-0.3, -0.25) is 4.79 Å². The Bertz CT molecular complexity index is 974. The number of nitrogens with zero attached hydrogens (tertiary/aromatic N) is 1. The van der Waals surface area contributed by atoms with Gasteiger partial charge in [-0.25, -0.2) is 8.42 Å². The van der Waals surface area contributed by atoms with Crippen molar-refractivity contribution in [1.29, 1.82) is 0 Å². The minimum Gasteiger partial charge on any atom is -0.322 e. The zero-order valence-electron chi connectivity index (χ0n) is 16.3. The van der Waals surface area contributed by atoms with Crippen LogP contribution in [0.3, 0.4) is 0 Å². The lowest BCUT2D eigenvalue weighted by molar-refractivity contribution is 0.102. The predicted molar refractivity (Wildman–Crippen MR) is 115 cm³/mol. The molecule has 2 aromatic carbocycles. The van der Waals surface area contributed by atoms with Crippen molar-refractivity contribution < 1.29 is 13.2 Å². The summed E-state index contributed by atoms with van der Waals surface area (Å²) < 4.78 is 27.5. The van der Waals surface area contributed by atoms with Crippen LogP contribution in [0.15, 0.2) is 51.8 Å². The third-order valence-electron chi connectivity index (χ3n) is 4.85. The Balaban J connectivity index is 1.74. The molecule has 2 aromatic rings. The van der Waals surface area contributed by atoms with Gasteiger partial charge >= 0.3 is 0 Å². The summed E-state index contributed by atoms with van der Waals surface area (Å²) in [5.41, 5.74) is 2.19. The highest BCUT2D eigenvalue weighted by molar-refractivity contribution is 9.10. The predicted octanol–water partition coefficient (Wildman–Crippen LogP) is 4.78. The van der Waals surface area contributed by atoms with Gasteiger partial charge in [-0.1, -0.05) is 42.8 Å². The minimum atomic E-state index is -3.45. The number of benzene rings is 2. The first-order valence-corrected chi connectivity index (χ1v) is 11.5. The molecule has 1 heterocycles. The molecule has 0 aromatic heterocycles. The highest BCUT2D eigenvalue weighted by Crippen LogP contribution is 2.30. The minimum absolute atomic E-state index is 0.0233. The number of anilines is 1. The second-order valence-corrected chi connectivity index (χ2v) is 10.8. The fourth-order valence-corrected chi connectivity index (χ4v) is 5.75. The van der Waals surface area contributed by atoms with Gasteiger partial charge in [0.25, 0.3) is 5.91 Å². The molecule has 1 N–H and O–H groups in total. The van der Waals surface area contributed by atoms with E-state index >= 15 is 0 Å². The van der Waals surface area contributed by atoms with E-state index in [1.165, 1.54) is 4.31 Å². The molecule has 0 spiro atoms. The van der Waals surface area contributed by atoms with Crippen LogP contribution in [-0.4, -0.2) is 31.7 Å². The van der Waals surface area contributed by atoms with Crippen LogP contribution in [0.2, 0.25) is 0 Å². The van der Waals surface area contributed by atoms with Crippen molar-refractivity contribution in [2.24, 2.45) is 0 Å². The molecular weight excluding hydrogens is 440 g/mol. The average Bonchev–Trinajstić information content (AvgIpc) is 3.16. The van der Waals surface area contributed by atoms with E-state index in [1.807, 2.05) is 12.1 Å². The van der Waals surface area contributed by atoms with E-state index < -0.39 is 10.0 Å². The van der Waals surface area contributed by atoms with Gasteiger partial charge in [-0.15, -0.1) is 0 Å². The Labute approximate surface area is 175 Å². The first kappa shape index (κ1) is 21.0. The number of amides is 1. The van der Waals surface area contributed by atoms with Gasteiger partial charge < -0.3 is 5.32 Å². The van der Waals surface area contributed by atoms with Crippen molar-refractivity contribution in [3.05, 3.63) is 58.1 Å². The molecule has 1 fully saturated rings. The molecule has 0 radical (unpaired) electrons. The van der Waals surface area contributed by atoms with Gasteiger partial charge in [0, 0.05) is 28.8 Å². The van der Waals surface area contributed by atoms with Crippen molar-refractivity contribution in [3.63, 3.8) is 0 Å². The normalized spacial score (nSPS) is 15.6. The quantitative estimate of drug-likeness (QED) is 0.707. The lowest BCUT2D eigenvalue weighted by atomic mass is 9.86. The second-order valence-electron chi connectivity index (χ2n) is 8.03. The average molecular weight is 465 g/mol. The molecule has 0 aliphatic carbocycles. The lowest BCUT2D eigenvalue weighted by Gasteiger charge is -2.21. The van der Waals surface area contributed by atoms with Crippen LogP contribution in [0, 0.1) is 0 Å². The van der Waals surface area contributed by atoms with E-state index in [2.05, 4.69) is 42.0 Å². The van der Waals surface area contributed by atoms with Crippen LogP contribution in [0.5, 0.6) is 0 Å². The Morgan fingerprint density at radius 2 is 1.64 bits per heavy atom. The molecular formula is C21H25BrN2O3S. The van der Waals surface area contributed by atoms with E-state index in [0.717, 1.165) is 22.9 Å². The highest BCUT2D eigenvalue weighted by atomic mass is 79.9. The SMILES string of the molecule is CC(C)(C)c1ccc(C(=O)Nc2ccc(S(=O)(=O)N3CCCC3)cc2)cc1Br. The molecule has 0 atom stereocenters. The molecule has 0 bridgehead atoms. The van der Waals surface area contributed by atoms with Gasteiger partial charge in [0.2, 0.25) is 10.0 Å². The standard InChI is InChI=1S/C21H25BrN2O3S/c1-21(2,3)18-11-6-15(14-19(18)22)20(25)23-16-7-9-17(10-8-16)28(26,27)24-12-4-5-13-24/h6-11,14H,4-5,12-13H2,1-3H3,(H,23,25). The lowest BCUT2D eigenvalue weighted by Crippen LogP contribution is -2.27. The monoisotopic (exact) mass is 464 g/mol.